The standard InChI is InChI=1S/C5H6.2Li/c1-3-5-4-2;;/h1-4H,5H2;;/q-2;2*+1. The third kappa shape index (κ3) is 20.4. The predicted octanol–water partition coefficient (Wildman–Crippen LogP) is -4.64. The smallest absolute Gasteiger partial charge is 0.518 e. The van der Waals surface area contributed by atoms with E-state index in [4.69, 9.17) is 13.2 Å². The van der Waals surface area contributed by atoms with Gasteiger partial charge in [0, 0.05) is 0 Å². The molecule has 0 saturated carbocycles. The number of rotatable bonds is 2. The van der Waals surface area contributed by atoms with Crippen molar-refractivity contribution in [3.8, 4) is 0 Å². The minimum atomic E-state index is 0. The van der Waals surface area contributed by atoms with E-state index in [0.29, 0.717) is 6.42 Å². The molecule has 0 nitrogen and oxygen atoms in total. The maximum absolute atomic E-state index is 4.90. The van der Waals surface area contributed by atoms with Crippen molar-refractivity contribution in [3.63, 3.8) is 0 Å². The zero-order valence-corrected chi connectivity index (χ0v) is 5.02. The van der Waals surface area contributed by atoms with E-state index in [1.54, 1.807) is 0 Å². The minimum absolute atomic E-state index is 0. The van der Waals surface area contributed by atoms with Crippen molar-refractivity contribution < 1.29 is 37.7 Å². The quantitative estimate of drug-likeness (QED) is 0.231. The Morgan fingerprint density at radius 3 is 1.29 bits per heavy atom. The van der Waals surface area contributed by atoms with Gasteiger partial charge in [-0.2, -0.15) is 0 Å². The number of hydrogen-bond acceptors (Lipinski definition) is 0. The normalized spacial score (nSPS) is 4.57. The predicted molar refractivity (Wildman–Crippen MR) is 22.4 cm³/mol. The molecule has 28 valence electrons. The maximum Gasteiger partial charge on any atom is 1.00 e. The van der Waals surface area contributed by atoms with Gasteiger partial charge >= 0.3 is 37.7 Å². The van der Waals surface area contributed by atoms with Crippen LogP contribution in [0.4, 0.5) is 0 Å². The van der Waals surface area contributed by atoms with Crippen LogP contribution in [0.1, 0.15) is 6.42 Å². The monoisotopic (exact) mass is 80.1 g/mol. The Labute approximate surface area is 69.4 Å². The molecule has 0 heterocycles. The van der Waals surface area contributed by atoms with Crippen LogP contribution in [-0.4, -0.2) is 0 Å². The summed E-state index contributed by atoms with van der Waals surface area (Å²) in [5.41, 5.74) is 0. The van der Waals surface area contributed by atoms with Gasteiger partial charge in [0.15, 0.2) is 0 Å². The Morgan fingerprint density at radius 1 is 1.00 bits per heavy atom. The molecule has 7 heavy (non-hydrogen) atoms. The average molecular weight is 80.0 g/mol. The van der Waals surface area contributed by atoms with E-state index in [1.165, 1.54) is 12.2 Å². The molecule has 0 fully saturated rings. The molecule has 2 heteroatoms. The molecule has 0 saturated heterocycles. The maximum atomic E-state index is 4.90. The van der Waals surface area contributed by atoms with Gasteiger partial charge in [0.05, 0.1) is 0 Å². The van der Waals surface area contributed by atoms with Crippen molar-refractivity contribution >= 4 is 0 Å². The van der Waals surface area contributed by atoms with Gasteiger partial charge < -0.3 is 13.2 Å². The van der Waals surface area contributed by atoms with Crippen LogP contribution in [0.2, 0.25) is 0 Å². The Balaban J connectivity index is -0.0000000800. The first kappa shape index (κ1) is 15.6. The summed E-state index contributed by atoms with van der Waals surface area (Å²) in [6.45, 7) is 9.81. The van der Waals surface area contributed by atoms with Crippen molar-refractivity contribution in [2.45, 2.75) is 6.42 Å². The molecule has 0 bridgehead atoms. The van der Waals surface area contributed by atoms with Crippen LogP contribution in [0.25, 0.3) is 0 Å². The van der Waals surface area contributed by atoms with Crippen molar-refractivity contribution in [3.05, 3.63) is 25.3 Å². The van der Waals surface area contributed by atoms with Crippen LogP contribution in [0.3, 0.4) is 0 Å². The number of allylic oxidation sites excluding steroid dienone is 2. The molecule has 0 aromatic carbocycles. The largest absolute Gasteiger partial charge is 1.00 e. The van der Waals surface area contributed by atoms with Crippen LogP contribution >= 0.6 is 0 Å². The van der Waals surface area contributed by atoms with Gasteiger partial charge in [-0.15, -0.1) is 0 Å². The van der Waals surface area contributed by atoms with E-state index in [2.05, 4.69) is 0 Å². The first-order chi connectivity index (χ1) is 2.41. The summed E-state index contributed by atoms with van der Waals surface area (Å²) in [6.07, 6.45) is 3.69. The second kappa shape index (κ2) is 15.9. The average Bonchev–Trinajstić information content (AvgIpc) is 1.41. The van der Waals surface area contributed by atoms with E-state index < -0.39 is 0 Å². The molecular formula is C5H6Li2. The Kier molecular flexibility index (Phi) is 35.6. The summed E-state index contributed by atoms with van der Waals surface area (Å²) < 4.78 is 0. The van der Waals surface area contributed by atoms with Crippen LogP contribution in [0.15, 0.2) is 12.2 Å². The first-order valence-electron chi connectivity index (χ1n) is 1.48. The molecule has 0 aromatic heterocycles. The first-order valence-corrected chi connectivity index (χ1v) is 1.48. The van der Waals surface area contributed by atoms with Gasteiger partial charge in [0.1, 0.15) is 0 Å². The van der Waals surface area contributed by atoms with Gasteiger partial charge in [0.25, 0.3) is 0 Å². The Hall–Kier alpha value is 0.675. The van der Waals surface area contributed by atoms with Crippen molar-refractivity contribution in [1.29, 1.82) is 0 Å². The van der Waals surface area contributed by atoms with Gasteiger partial charge in [-0.05, 0) is 0 Å². The van der Waals surface area contributed by atoms with Crippen molar-refractivity contribution in [2.75, 3.05) is 0 Å². The molecule has 0 aromatic rings. The molecule has 0 aliphatic rings. The zero-order chi connectivity index (χ0) is 4.12. The van der Waals surface area contributed by atoms with Gasteiger partial charge in [-0.1, -0.05) is 6.42 Å². The van der Waals surface area contributed by atoms with E-state index in [-0.39, 0.29) is 37.7 Å². The fourth-order valence-corrected chi connectivity index (χ4v) is 0.0786. The van der Waals surface area contributed by atoms with Gasteiger partial charge in [-0.3, -0.25) is 12.2 Å². The SMILES string of the molecule is [CH-]=CCC=[CH-].[Li+].[Li+]. The zero-order valence-electron chi connectivity index (χ0n) is 5.02. The number of hydrogen-bond donors (Lipinski definition) is 0. The Morgan fingerprint density at radius 2 is 1.29 bits per heavy atom. The molecule has 0 unspecified atom stereocenters. The van der Waals surface area contributed by atoms with Crippen molar-refractivity contribution in [1.82, 2.24) is 0 Å². The molecule has 0 amide bonds. The van der Waals surface area contributed by atoms with Crippen LogP contribution in [0.5, 0.6) is 0 Å². The third-order valence-electron chi connectivity index (χ3n) is 0.272. The molecule has 0 aliphatic heterocycles. The molecule has 0 rings (SSSR count). The summed E-state index contributed by atoms with van der Waals surface area (Å²) in [6, 6.07) is 0. The summed E-state index contributed by atoms with van der Waals surface area (Å²) in [4.78, 5) is 0. The van der Waals surface area contributed by atoms with Crippen LogP contribution in [-0.2, 0) is 0 Å². The Bertz CT molecular complexity index is 35.3. The molecule has 0 radical (unpaired) electrons. The third-order valence-corrected chi connectivity index (χ3v) is 0.272. The second-order valence-electron chi connectivity index (χ2n) is 0.707. The summed E-state index contributed by atoms with van der Waals surface area (Å²) in [5, 5.41) is 0. The van der Waals surface area contributed by atoms with E-state index in [0.717, 1.165) is 0 Å². The summed E-state index contributed by atoms with van der Waals surface area (Å²) >= 11 is 0. The van der Waals surface area contributed by atoms with E-state index >= 15 is 0 Å². The summed E-state index contributed by atoms with van der Waals surface area (Å²) in [5.74, 6) is 0. The minimum Gasteiger partial charge on any atom is -0.518 e. The second-order valence-corrected chi connectivity index (χ2v) is 0.707. The topological polar surface area (TPSA) is 0 Å². The molecule has 0 atom stereocenters. The summed E-state index contributed by atoms with van der Waals surface area (Å²) in [7, 11) is 0. The van der Waals surface area contributed by atoms with Crippen LogP contribution < -0.4 is 37.7 Å². The molecule has 0 spiro atoms. The van der Waals surface area contributed by atoms with Crippen molar-refractivity contribution in [2.24, 2.45) is 0 Å². The van der Waals surface area contributed by atoms with Crippen LogP contribution in [0, 0.1) is 13.2 Å². The molecular weight excluding hydrogens is 73.9 g/mol. The fraction of sp³-hybridized carbons (Fsp3) is 0.200. The van der Waals surface area contributed by atoms with E-state index in [9.17, 15) is 0 Å². The van der Waals surface area contributed by atoms with Gasteiger partial charge in [-0.25, -0.2) is 0 Å². The molecule has 0 N–H and O–H groups in total. The van der Waals surface area contributed by atoms with E-state index in [1.807, 2.05) is 0 Å². The fourth-order valence-electron chi connectivity index (χ4n) is 0.0786. The van der Waals surface area contributed by atoms with Gasteiger partial charge in [0.2, 0.25) is 0 Å². The molecule has 0 aliphatic carbocycles.